The Labute approximate surface area is 97.5 Å². The van der Waals surface area contributed by atoms with Crippen molar-refractivity contribution in [2.24, 2.45) is 33.9 Å². The number of hydrogen-bond donors (Lipinski definition) is 2. The summed E-state index contributed by atoms with van der Waals surface area (Å²) >= 11 is 0. The molecule has 2 aliphatic carbocycles. The summed E-state index contributed by atoms with van der Waals surface area (Å²) in [6.45, 7) is 0. The minimum absolute atomic E-state index is 0.00208. The van der Waals surface area contributed by atoms with Crippen LogP contribution >= 0.6 is 0 Å². The van der Waals surface area contributed by atoms with E-state index in [9.17, 15) is 9.59 Å². The molecule has 0 aromatic rings. The van der Waals surface area contributed by atoms with Crippen LogP contribution in [0, 0.1) is 23.7 Å². The average Bonchev–Trinajstić information content (AvgIpc) is 2.85. The Bertz CT molecular complexity index is 496. The van der Waals surface area contributed by atoms with Gasteiger partial charge in [-0.1, -0.05) is 0 Å². The van der Waals surface area contributed by atoms with Gasteiger partial charge in [-0.3, -0.25) is 9.59 Å². The van der Waals surface area contributed by atoms with Crippen molar-refractivity contribution >= 4 is 23.2 Å². The molecule has 2 N–H and O–H groups in total. The van der Waals surface area contributed by atoms with Gasteiger partial charge in [0.25, 0.3) is 0 Å². The lowest BCUT2D eigenvalue weighted by atomic mass is 9.62. The normalized spacial score (nSPS) is 42.1. The molecule has 0 radical (unpaired) electrons. The molecule has 2 aliphatic heterocycles. The number of carbonyl (C=O) groups excluding carboxylic acids is 2. The Kier molecular flexibility index (Phi) is 1.61. The second-order valence-corrected chi connectivity index (χ2v) is 5.25. The van der Waals surface area contributed by atoms with Gasteiger partial charge in [0.2, 0.25) is 11.8 Å². The molecule has 2 saturated carbocycles. The van der Waals surface area contributed by atoms with Gasteiger partial charge in [-0.05, 0) is 25.2 Å². The predicted molar refractivity (Wildman–Crippen MR) is 59.0 cm³/mol. The molecule has 4 atom stereocenters. The number of hydrogen-bond acceptors (Lipinski definition) is 4. The highest BCUT2D eigenvalue weighted by molar-refractivity contribution is 6.15. The van der Waals surface area contributed by atoms with Crippen molar-refractivity contribution in [1.29, 1.82) is 0 Å². The fourth-order valence-electron chi connectivity index (χ4n) is 3.69. The zero-order valence-corrected chi connectivity index (χ0v) is 9.14. The minimum Gasteiger partial charge on any atom is -0.272 e. The number of amides is 2. The van der Waals surface area contributed by atoms with Gasteiger partial charge < -0.3 is 0 Å². The molecule has 0 aromatic heterocycles. The fourth-order valence-corrected chi connectivity index (χ4v) is 3.69. The van der Waals surface area contributed by atoms with Crippen LogP contribution in [0.4, 0.5) is 0 Å². The van der Waals surface area contributed by atoms with E-state index in [2.05, 4.69) is 21.1 Å². The van der Waals surface area contributed by atoms with Gasteiger partial charge in [0.1, 0.15) is 0 Å². The summed E-state index contributed by atoms with van der Waals surface area (Å²) in [6, 6.07) is 0. The van der Waals surface area contributed by atoms with Crippen LogP contribution in [0.1, 0.15) is 19.3 Å². The molecule has 0 saturated heterocycles. The minimum atomic E-state index is -0.103. The maximum atomic E-state index is 11.7. The van der Waals surface area contributed by atoms with Crippen LogP contribution < -0.4 is 10.9 Å². The van der Waals surface area contributed by atoms with E-state index in [-0.39, 0.29) is 29.6 Å². The number of nitrogens with zero attached hydrogens (tertiary/aromatic N) is 2. The van der Waals surface area contributed by atoms with Gasteiger partial charge in [-0.2, -0.15) is 10.2 Å². The first-order valence-corrected chi connectivity index (χ1v) is 5.97. The molecule has 4 aliphatic rings. The van der Waals surface area contributed by atoms with Crippen LogP contribution in [0.5, 0.6) is 0 Å². The SMILES string of the molecule is O=C1NN=C2[C@H]3CC4=NNC(=O)[C@@H]4[C@@H](C3)C[C@H]12. The summed E-state index contributed by atoms with van der Waals surface area (Å²) in [4.78, 5) is 23.4. The Morgan fingerprint density at radius 2 is 1.88 bits per heavy atom. The second kappa shape index (κ2) is 2.94. The maximum Gasteiger partial charge on any atom is 0.249 e. The first kappa shape index (κ1) is 9.32. The summed E-state index contributed by atoms with van der Waals surface area (Å²) < 4.78 is 0. The highest BCUT2D eigenvalue weighted by Crippen LogP contribution is 2.45. The van der Waals surface area contributed by atoms with Crippen molar-refractivity contribution < 1.29 is 9.59 Å². The summed E-state index contributed by atoms with van der Waals surface area (Å²) in [6.07, 6.45) is 2.46. The topological polar surface area (TPSA) is 82.9 Å². The summed E-state index contributed by atoms with van der Waals surface area (Å²) in [5.41, 5.74) is 7.05. The van der Waals surface area contributed by atoms with E-state index in [1.807, 2.05) is 0 Å². The maximum absolute atomic E-state index is 11.7. The molecule has 2 amide bonds. The highest BCUT2D eigenvalue weighted by Gasteiger charge is 2.51. The standard InChI is InChI=1S/C11H12N4O2/c16-10-6-2-4-1-5(9(6)13-14-10)3-7-8(4)11(17)15-12-7/h4-6,8H,1-3H2,(H,14,16)(H,15,17)/t4-,5+,6-,8+/m0/s1. The van der Waals surface area contributed by atoms with Gasteiger partial charge in [0.15, 0.2) is 0 Å². The Balaban J connectivity index is 1.73. The van der Waals surface area contributed by atoms with E-state index >= 15 is 0 Å². The molecule has 0 spiro atoms. The van der Waals surface area contributed by atoms with Gasteiger partial charge >= 0.3 is 0 Å². The van der Waals surface area contributed by atoms with Crippen molar-refractivity contribution in [1.82, 2.24) is 10.9 Å². The zero-order chi connectivity index (χ0) is 11.6. The summed E-state index contributed by atoms with van der Waals surface area (Å²) in [5.74, 6) is 0.342. The van der Waals surface area contributed by atoms with E-state index in [1.54, 1.807) is 0 Å². The lowest BCUT2D eigenvalue weighted by Gasteiger charge is -2.39. The number of fused-ring (bicyclic) bond motifs is 6. The van der Waals surface area contributed by atoms with E-state index in [0.717, 1.165) is 30.7 Å². The quantitative estimate of drug-likeness (QED) is 0.596. The molecule has 2 fully saturated rings. The van der Waals surface area contributed by atoms with Crippen LogP contribution in [0.15, 0.2) is 10.2 Å². The third-order valence-electron chi connectivity index (χ3n) is 4.39. The van der Waals surface area contributed by atoms with Crippen LogP contribution in [0.3, 0.4) is 0 Å². The lowest BCUT2D eigenvalue weighted by molar-refractivity contribution is -0.126. The number of nitrogens with one attached hydrogen (secondary N) is 2. The molecule has 4 rings (SSSR count). The number of hydrazone groups is 2. The second-order valence-electron chi connectivity index (χ2n) is 5.25. The Morgan fingerprint density at radius 3 is 2.76 bits per heavy atom. The van der Waals surface area contributed by atoms with Crippen LogP contribution in [0.2, 0.25) is 0 Å². The molecule has 0 aromatic carbocycles. The van der Waals surface area contributed by atoms with E-state index < -0.39 is 0 Å². The largest absolute Gasteiger partial charge is 0.272 e. The first-order chi connectivity index (χ1) is 8.24. The smallest absolute Gasteiger partial charge is 0.249 e. The van der Waals surface area contributed by atoms with Crippen molar-refractivity contribution in [3.63, 3.8) is 0 Å². The Morgan fingerprint density at radius 1 is 1.06 bits per heavy atom. The monoisotopic (exact) mass is 232 g/mol. The number of carbonyl (C=O) groups is 2. The third-order valence-corrected chi connectivity index (χ3v) is 4.39. The Hall–Kier alpha value is -1.72. The lowest BCUT2D eigenvalue weighted by Crippen LogP contribution is -2.46. The van der Waals surface area contributed by atoms with Crippen LogP contribution in [-0.4, -0.2) is 23.2 Å². The third kappa shape index (κ3) is 1.10. The molecule has 2 bridgehead atoms. The molecule has 0 unspecified atom stereocenters. The fraction of sp³-hybridized carbons (Fsp3) is 0.636. The molecule has 6 heteroatoms. The van der Waals surface area contributed by atoms with Crippen LogP contribution in [0.25, 0.3) is 0 Å². The van der Waals surface area contributed by atoms with Crippen LogP contribution in [-0.2, 0) is 9.59 Å². The molecule has 2 heterocycles. The average molecular weight is 232 g/mol. The van der Waals surface area contributed by atoms with E-state index in [0.29, 0.717) is 5.92 Å². The summed E-state index contributed by atoms with van der Waals surface area (Å²) in [5, 5.41) is 8.26. The van der Waals surface area contributed by atoms with Gasteiger partial charge in [-0.25, -0.2) is 10.9 Å². The van der Waals surface area contributed by atoms with Crippen molar-refractivity contribution in [2.45, 2.75) is 19.3 Å². The zero-order valence-electron chi connectivity index (χ0n) is 9.14. The van der Waals surface area contributed by atoms with Gasteiger partial charge in [-0.15, -0.1) is 0 Å². The molecule has 88 valence electrons. The van der Waals surface area contributed by atoms with E-state index in [1.165, 1.54) is 0 Å². The molecular formula is C11H12N4O2. The number of rotatable bonds is 0. The predicted octanol–water partition coefficient (Wildman–Crippen LogP) is -0.380. The van der Waals surface area contributed by atoms with Crippen molar-refractivity contribution in [2.75, 3.05) is 0 Å². The highest BCUT2D eigenvalue weighted by atomic mass is 16.2. The van der Waals surface area contributed by atoms with Gasteiger partial charge in [0, 0.05) is 5.92 Å². The van der Waals surface area contributed by atoms with Crippen molar-refractivity contribution in [3.8, 4) is 0 Å². The van der Waals surface area contributed by atoms with Crippen molar-refractivity contribution in [3.05, 3.63) is 0 Å². The molecule has 6 nitrogen and oxygen atoms in total. The van der Waals surface area contributed by atoms with Gasteiger partial charge in [0.05, 0.1) is 23.3 Å². The summed E-state index contributed by atoms with van der Waals surface area (Å²) in [7, 11) is 0. The molecule has 17 heavy (non-hydrogen) atoms. The first-order valence-electron chi connectivity index (χ1n) is 5.97. The van der Waals surface area contributed by atoms with E-state index in [4.69, 9.17) is 0 Å². The molecular weight excluding hydrogens is 220 g/mol.